The van der Waals surface area contributed by atoms with Gasteiger partial charge in [0.05, 0.1) is 6.04 Å². The van der Waals surface area contributed by atoms with E-state index in [2.05, 4.69) is 10.4 Å². The maximum atomic E-state index is 12.1. The van der Waals surface area contributed by atoms with Crippen molar-refractivity contribution in [1.82, 2.24) is 14.7 Å². The van der Waals surface area contributed by atoms with Crippen molar-refractivity contribution < 1.29 is 4.79 Å². The fraction of sp³-hybridized carbons (Fsp3) is 0.286. The molecule has 0 spiro atoms. The Balaban J connectivity index is 1.57. The van der Waals surface area contributed by atoms with Crippen LogP contribution in [0.3, 0.4) is 0 Å². The molecule has 0 unspecified atom stereocenters. The van der Waals surface area contributed by atoms with E-state index in [9.17, 15) is 9.59 Å². The molecule has 0 radical (unpaired) electrons. The molecule has 2 N–H and O–H groups in total. The van der Waals surface area contributed by atoms with Crippen LogP contribution in [0.2, 0.25) is 0 Å². The van der Waals surface area contributed by atoms with E-state index < -0.39 is 0 Å². The number of hydrogen-bond acceptors (Lipinski definition) is 3. The van der Waals surface area contributed by atoms with Crippen molar-refractivity contribution in [2.45, 2.75) is 6.04 Å². The number of carbonyl (C=O) groups excluding carboxylic acids is 1. The Morgan fingerprint density at radius 3 is 2.60 bits per heavy atom. The third-order valence-electron chi connectivity index (χ3n) is 3.43. The molecule has 20 heavy (non-hydrogen) atoms. The first-order valence-electron chi connectivity index (χ1n) is 6.50. The maximum absolute atomic E-state index is 12.1. The van der Waals surface area contributed by atoms with Crippen LogP contribution in [0.4, 0.5) is 5.69 Å². The maximum Gasteiger partial charge on any atom is 0.272 e. The number of para-hydroxylation sites is 1. The number of nitrogens with zero attached hydrogens (tertiary/aromatic N) is 2. The van der Waals surface area contributed by atoms with Gasteiger partial charge >= 0.3 is 0 Å². The number of anilines is 1. The van der Waals surface area contributed by atoms with E-state index in [1.54, 1.807) is 11.9 Å². The van der Waals surface area contributed by atoms with Gasteiger partial charge in [-0.2, -0.15) is 0 Å². The molecule has 0 aliphatic carbocycles. The third kappa shape index (κ3) is 2.32. The second-order valence-electron chi connectivity index (χ2n) is 4.98. The average molecular weight is 272 g/mol. The number of aromatic nitrogens is 2. The highest BCUT2D eigenvalue weighted by molar-refractivity contribution is 5.92. The summed E-state index contributed by atoms with van der Waals surface area (Å²) in [5.41, 5.74) is 1.20. The molecule has 0 bridgehead atoms. The van der Waals surface area contributed by atoms with Crippen molar-refractivity contribution in [1.29, 1.82) is 0 Å². The van der Waals surface area contributed by atoms with E-state index >= 15 is 0 Å². The quantitative estimate of drug-likeness (QED) is 0.862. The van der Waals surface area contributed by atoms with Crippen molar-refractivity contribution in [2.24, 2.45) is 7.05 Å². The number of aryl methyl sites for hydroxylation is 1. The Hall–Kier alpha value is -2.50. The van der Waals surface area contributed by atoms with E-state index in [0.29, 0.717) is 18.8 Å². The van der Waals surface area contributed by atoms with Gasteiger partial charge in [0.2, 0.25) is 0 Å². The zero-order valence-electron chi connectivity index (χ0n) is 11.2. The number of benzene rings is 1. The molecule has 0 saturated carbocycles. The van der Waals surface area contributed by atoms with Gasteiger partial charge in [0.15, 0.2) is 0 Å². The summed E-state index contributed by atoms with van der Waals surface area (Å²) in [5, 5.41) is 6.11. The monoisotopic (exact) mass is 272 g/mol. The van der Waals surface area contributed by atoms with Crippen molar-refractivity contribution in [3.8, 4) is 0 Å². The van der Waals surface area contributed by atoms with E-state index in [1.807, 2.05) is 30.3 Å². The van der Waals surface area contributed by atoms with Crippen LogP contribution in [-0.4, -0.2) is 39.7 Å². The summed E-state index contributed by atoms with van der Waals surface area (Å²) in [7, 11) is 1.59. The standard InChI is InChI=1S/C14H16N4O2/c1-17-13(19)7-12(16-17)14(20)18-8-11(9-18)15-10-5-3-2-4-6-10/h2-7,11,15-16H,8-9H2,1H3. The summed E-state index contributed by atoms with van der Waals surface area (Å²) in [4.78, 5) is 25.1. The van der Waals surface area contributed by atoms with Gasteiger partial charge in [-0.25, -0.2) is 0 Å². The Labute approximate surface area is 116 Å². The average Bonchev–Trinajstić information content (AvgIpc) is 2.74. The molecule has 1 aromatic heterocycles. The minimum Gasteiger partial charge on any atom is -0.379 e. The number of nitrogens with one attached hydrogen (secondary N) is 2. The molecular formula is C14H16N4O2. The second-order valence-corrected chi connectivity index (χ2v) is 4.98. The van der Waals surface area contributed by atoms with Gasteiger partial charge in [0.25, 0.3) is 11.5 Å². The number of carbonyl (C=O) groups is 1. The van der Waals surface area contributed by atoms with Crippen LogP contribution in [0, 0.1) is 0 Å². The smallest absolute Gasteiger partial charge is 0.272 e. The Kier molecular flexibility index (Phi) is 3.06. The summed E-state index contributed by atoms with van der Waals surface area (Å²) in [6.07, 6.45) is 0. The van der Waals surface area contributed by atoms with Crippen LogP contribution in [-0.2, 0) is 7.05 Å². The van der Waals surface area contributed by atoms with Crippen LogP contribution in [0.25, 0.3) is 0 Å². The fourth-order valence-corrected chi connectivity index (χ4v) is 2.27. The lowest BCUT2D eigenvalue weighted by Crippen LogP contribution is -2.57. The zero-order chi connectivity index (χ0) is 14.1. The largest absolute Gasteiger partial charge is 0.379 e. The molecule has 6 nitrogen and oxygen atoms in total. The predicted molar refractivity (Wildman–Crippen MR) is 75.8 cm³/mol. The fourth-order valence-electron chi connectivity index (χ4n) is 2.27. The van der Waals surface area contributed by atoms with Gasteiger partial charge < -0.3 is 10.2 Å². The highest BCUT2D eigenvalue weighted by Crippen LogP contribution is 2.16. The van der Waals surface area contributed by atoms with E-state index in [1.165, 1.54) is 10.7 Å². The summed E-state index contributed by atoms with van der Waals surface area (Å²) in [6.45, 7) is 1.29. The van der Waals surface area contributed by atoms with E-state index in [-0.39, 0.29) is 17.5 Å². The van der Waals surface area contributed by atoms with Crippen molar-refractivity contribution in [2.75, 3.05) is 18.4 Å². The summed E-state index contributed by atoms with van der Waals surface area (Å²) in [6, 6.07) is 11.5. The number of H-pyrrole nitrogens is 1. The molecule has 104 valence electrons. The molecule has 1 aliphatic rings. The first-order valence-corrected chi connectivity index (χ1v) is 6.50. The summed E-state index contributed by atoms with van der Waals surface area (Å²) < 4.78 is 1.30. The summed E-state index contributed by atoms with van der Waals surface area (Å²) in [5.74, 6) is -0.131. The van der Waals surface area contributed by atoms with Crippen LogP contribution >= 0.6 is 0 Å². The Morgan fingerprint density at radius 1 is 1.30 bits per heavy atom. The van der Waals surface area contributed by atoms with Gasteiger partial charge in [-0.1, -0.05) is 18.2 Å². The Bertz CT molecular complexity index is 668. The first-order chi connectivity index (χ1) is 9.63. The highest BCUT2D eigenvalue weighted by atomic mass is 16.2. The van der Waals surface area contributed by atoms with Crippen molar-refractivity contribution in [3.63, 3.8) is 0 Å². The summed E-state index contributed by atoms with van der Waals surface area (Å²) >= 11 is 0. The van der Waals surface area contributed by atoms with Crippen LogP contribution in [0.5, 0.6) is 0 Å². The lowest BCUT2D eigenvalue weighted by Gasteiger charge is -2.39. The van der Waals surface area contributed by atoms with Gasteiger partial charge in [-0.3, -0.25) is 19.4 Å². The third-order valence-corrected chi connectivity index (χ3v) is 3.43. The van der Waals surface area contributed by atoms with Crippen LogP contribution in [0.1, 0.15) is 10.5 Å². The van der Waals surface area contributed by atoms with Gasteiger partial charge in [-0.15, -0.1) is 0 Å². The molecule has 1 aliphatic heterocycles. The zero-order valence-corrected chi connectivity index (χ0v) is 11.2. The number of likely N-dealkylation sites (tertiary alicyclic amines) is 1. The molecule has 2 heterocycles. The molecule has 1 saturated heterocycles. The number of hydrogen-bond donors (Lipinski definition) is 2. The molecule has 6 heteroatoms. The SMILES string of the molecule is Cn1[nH]c(C(=O)N2CC(Nc3ccccc3)C2)cc1=O. The number of rotatable bonds is 3. The molecule has 0 atom stereocenters. The molecule has 3 rings (SSSR count). The van der Waals surface area contributed by atoms with Crippen LogP contribution < -0.4 is 10.9 Å². The molecule has 1 amide bonds. The Morgan fingerprint density at radius 2 is 2.00 bits per heavy atom. The van der Waals surface area contributed by atoms with Gasteiger partial charge in [0.1, 0.15) is 5.69 Å². The highest BCUT2D eigenvalue weighted by Gasteiger charge is 2.31. The molecule has 1 aromatic carbocycles. The van der Waals surface area contributed by atoms with Gasteiger partial charge in [0, 0.05) is 31.9 Å². The molecule has 2 aromatic rings. The lowest BCUT2D eigenvalue weighted by molar-refractivity contribution is 0.0618. The second kappa shape index (κ2) is 4.88. The topological polar surface area (TPSA) is 70.1 Å². The van der Waals surface area contributed by atoms with Gasteiger partial charge in [-0.05, 0) is 12.1 Å². The number of amides is 1. The molecular weight excluding hydrogens is 256 g/mol. The van der Waals surface area contributed by atoms with Crippen molar-refractivity contribution in [3.05, 3.63) is 52.4 Å². The normalized spacial score (nSPS) is 14.9. The first kappa shape index (κ1) is 12.5. The van der Waals surface area contributed by atoms with Crippen LogP contribution in [0.15, 0.2) is 41.2 Å². The van der Waals surface area contributed by atoms with E-state index in [0.717, 1.165) is 5.69 Å². The van der Waals surface area contributed by atoms with Crippen molar-refractivity contribution >= 4 is 11.6 Å². The number of aromatic amines is 1. The minimum atomic E-state index is -0.201. The molecule has 1 fully saturated rings. The predicted octanol–water partition coefficient (Wildman–Crippen LogP) is 0.650. The lowest BCUT2D eigenvalue weighted by atomic mass is 10.1. The van der Waals surface area contributed by atoms with E-state index in [4.69, 9.17) is 0 Å². The minimum absolute atomic E-state index is 0.131.